The third kappa shape index (κ3) is 4.18. The van der Waals surface area contributed by atoms with Gasteiger partial charge in [-0.15, -0.1) is 0 Å². The summed E-state index contributed by atoms with van der Waals surface area (Å²) in [4.78, 5) is 0. The second kappa shape index (κ2) is 6.31. The summed E-state index contributed by atoms with van der Waals surface area (Å²) in [7, 11) is 0. The van der Waals surface area contributed by atoms with Crippen molar-refractivity contribution in [3.63, 3.8) is 0 Å². The fraction of sp³-hybridized carbons (Fsp3) is 0.571. The Hall–Kier alpha value is -0.470. The lowest BCUT2D eigenvalue weighted by Gasteiger charge is -2.26. The van der Waals surface area contributed by atoms with Crippen LogP contribution in [0.1, 0.15) is 38.7 Å². The first kappa shape index (κ1) is 13.6. The van der Waals surface area contributed by atoms with Gasteiger partial charge in [-0.1, -0.05) is 37.3 Å². The van der Waals surface area contributed by atoms with Crippen LogP contribution in [0.5, 0.6) is 0 Å². The molecule has 0 aliphatic heterocycles. The van der Waals surface area contributed by atoms with Crippen molar-refractivity contribution in [1.29, 1.82) is 0 Å². The Balaban J connectivity index is 2.57. The van der Waals surface area contributed by atoms with Gasteiger partial charge < -0.3 is 4.74 Å². The molecule has 0 amide bonds. The van der Waals surface area contributed by atoms with E-state index in [9.17, 15) is 0 Å². The van der Waals surface area contributed by atoms with Crippen molar-refractivity contribution in [2.75, 3.05) is 12.4 Å². The van der Waals surface area contributed by atoms with E-state index in [4.69, 9.17) is 4.74 Å². The summed E-state index contributed by atoms with van der Waals surface area (Å²) in [6, 6.07) is 10.5. The maximum Gasteiger partial charge on any atom is 0.0624 e. The van der Waals surface area contributed by atoms with E-state index in [0.717, 1.165) is 18.8 Å². The van der Waals surface area contributed by atoms with Crippen molar-refractivity contribution in [2.45, 2.75) is 38.7 Å². The smallest absolute Gasteiger partial charge is 0.0624 e. The van der Waals surface area contributed by atoms with Gasteiger partial charge in [0, 0.05) is 5.92 Å². The minimum absolute atomic E-state index is 0.0318. The number of thiol groups is 1. The molecule has 0 aromatic heterocycles. The van der Waals surface area contributed by atoms with E-state index in [1.54, 1.807) is 0 Å². The van der Waals surface area contributed by atoms with Gasteiger partial charge in [-0.2, -0.15) is 12.6 Å². The molecular weight excluding hydrogens is 216 g/mol. The van der Waals surface area contributed by atoms with Crippen molar-refractivity contribution in [2.24, 2.45) is 0 Å². The van der Waals surface area contributed by atoms with Crippen molar-refractivity contribution in [3.8, 4) is 0 Å². The molecular formula is C14H22OS. The van der Waals surface area contributed by atoms with Crippen LogP contribution in [0.15, 0.2) is 30.3 Å². The molecule has 0 radical (unpaired) electrons. The predicted octanol–water partition coefficient (Wildman–Crippen LogP) is 3.91. The van der Waals surface area contributed by atoms with E-state index < -0.39 is 0 Å². The first-order valence-corrected chi connectivity index (χ1v) is 6.52. The Labute approximate surface area is 105 Å². The van der Waals surface area contributed by atoms with Gasteiger partial charge in [0.15, 0.2) is 0 Å². The number of hydrogen-bond donors (Lipinski definition) is 1. The number of benzene rings is 1. The maximum atomic E-state index is 5.94. The molecule has 0 N–H and O–H groups in total. The summed E-state index contributed by atoms with van der Waals surface area (Å²) in [5.41, 5.74) is 1.28. The number of hydrogen-bond acceptors (Lipinski definition) is 2. The molecule has 1 unspecified atom stereocenters. The van der Waals surface area contributed by atoms with Crippen molar-refractivity contribution in [1.82, 2.24) is 0 Å². The van der Waals surface area contributed by atoms with Crippen molar-refractivity contribution >= 4 is 12.6 Å². The number of ether oxygens (including phenoxy) is 1. The van der Waals surface area contributed by atoms with Crippen LogP contribution < -0.4 is 0 Å². The van der Waals surface area contributed by atoms with E-state index in [1.807, 2.05) is 6.07 Å². The van der Waals surface area contributed by atoms with Gasteiger partial charge in [0.2, 0.25) is 0 Å². The topological polar surface area (TPSA) is 9.23 Å². The zero-order valence-corrected chi connectivity index (χ0v) is 11.3. The highest BCUT2D eigenvalue weighted by Gasteiger charge is 2.18. The molecule has 1 rings (SSSR count). The fourth-order valence-electron chi connectivity index (χ4n) is 1.41. The van der Waals surface area contributed by atoms with Gasteiger partial charge in [0.1, 0.15) is 0 Å². The first-order chi connectivity index (χ1) is 7.59. The molecule has 0 aliphatic carbocycles. The maximum absolute atomic E-state index is 5.94. The van der Waals surface area contributed by atoms with E-state index >= 15 is 0 Å². The molecule has 2 heteroatoms. The second-order valence-electron chi connectivity index (χ2n) is 4.71. The molecule has 0 fully saturated rings. The van der Waals surface area contributed by atoms with Crippen LogP contribution in [0, 0.1) is 0 Å². The van der Waals surface area contributed by atoms with Gasteiger partial charge in [0.25, 0.3) is 0 Å². The standard InChI is InChI=1S/C14H22OS/c1-4-14(2,3)15-10-13(11-16)12-8-6-5-7-9-12/h5-9,13,16H,4,10-11H2,1-3H3. The average Bonchev–Trinajstić information content (AvgIpc) is 2.31. The number of rotatable bonds is 6. The summed E-state index contributed by atoms with van der Waals surface area (Å²) in [6.07, 6.45) is 1.03. The van der Waals surface area contributed by atoms with Crippen LogP contribution in [0.3, 0.4) is 0 Å². The predicted molar refractivity (Wildman–Crippen MR) is 73.4 cm³/mol. The van der Waals surface area contributed by atoms with E-state index in [1.165, 1.54) is 5.56 Å². The average molecular weight is 238 g/mol. The van der Waals surface area contributed by atoms with Gasteiger partial charge >= 0.3 is 0 Å². The largest absolute Gasteiger partial charge is 0.375 e. The van der Waals surface area contributed by atoms with Gasteiger partial charge in [0.05, 0.1) is 12.2 Å². The lowest BCUT2D eigenvalue weighted by molar-refractivity contribution is -0.0250. The van der Waals surface area contributed by atoms with Crippen LogP contribution in [0.25, 0.3) is 0 Å². The molecule has 1 atom stereocenters. The van der Waals surface area contributed by atoms with Gasteiger partial charge in [-0.3, -0.25) is 0 Å². The van der Waals surface area contributed by atoms with E-state index in [0.29, 0.717) is 5.92 Å². The minimum atomic E-state index is -0.0318. The zero-order chi connectivity index (χ0) is 12.0. The molecule has 0 heterocycles. The molecule has 0 aliphatic rings. The van der Waals surface area contributed by atoms with E-state index in [2.05, 4.69) is 57.7 Å². The summed E-state index contributed by atoms with van der Waals surface area (Å²) < 4.78 is 5.94. The molecule has 1 aromatic carbocycles. The second-order valence-corrected chi connectivity index (χ2v) is 5.08. The van der Waals surface area contributed by atoms with Crippen LogP contribution in [-0.4, -0.2) is 18.0 Å². The SMILES string of the molecule is CCC(C)(C)OCC(CS)c1ccccc1. The third-order valence-corrected chi connectivity index (χ3v) is 3.46. The lowest BCUT2D eigenvalue weighted by Crippen LogP contribution is -2.26. The quantitative estimate of drug-likeness (QED) is 0.739. The Morgan fingerprint density at radius 3 is 2.38 bits per heavy atom. The molecule has 0 spiro atoms. The fourth-order valence-corrected chi connectivity index (χ4v) is 1.72. The highest BCUT2D eigenvalue weighted by molar-refractivity contribution is 7.80. The summed E-state index contributed by atoms with van der Waals surface area (Å²) >= 11 is 4.41. The highest BCUT2D eigenvalue weighted by Crippen LogP contribution is 2.21. The third-order valence-electron chi connectivity index (χ3n) is 3.02. The van der Waals surface area contributed by atoms with Gasteiger partial charge in [-0.05, 0) is 31.6 Å². The molecule has 0 saturated carbocycles. The molecule has 1 aromatic rings. The normalized spacial score (nSPS) is 13.8. The monoisotopic (exact) mass is 238 g/mol. The van der Waals surface area contributed by atoms with Crippen LogP contribution in [0.4, 0.5) is 0 Å². The first-order valence-electron chi connectivity index (χ1n) is 5.89. The van der Waals surface area contributed by atoms with Crippen molar-refractivity contribution < 1.29 is 4.74 Å². The van der Waals surface area contributed by atoms with Crippen LogP contribution in [0.2, 0.25) is 0 Å². The lowest BCUT2D eigenvalue weighted by atomic mass is 10.0. The molecule has 0 bridgehead atoms. The van der Waals surface area contributed by atoms with Crippen LogP contribution in [-0.2, 0) is 4.74 Å². The molecule has 0 saturated heterocycles. The molecule has 16 heavy (non-hydrogen) atoms. The molecule has 1 nitrogen and oxygen atoms in total. The summed E-state index contributed by atoms with van der Waals surface area (Å²) in [6.45, 7) is 7.16. The Morgan fingerprint density at radius 2 is 1.88 bits per heavy atom. The Kier molecular flexibility index (Phi) is 5.36. The zero-order valence-electron chi connectivity index (χ0n) is 10.4. The van der Waals surface area contributed by atoms with Gasteiger partial charge in [-0.25, -0.2) is 0 Å². The molecule has 90 valence electrons. The minimum Gasteiger partial charge on any atom is -0.375 e. The Morgan fingerprint density at radius 1 is 1.25 bits per heavy atom. The van der Waals surface area contributed by atoms with Crippen LogP contribution >= 0.6 is 12.6 Å². The summed E-state index contributed by atoms with van der Waals surface area (Å²) in [5, 5.41) is 0. The van der Waals surface area contributed by atoms with Crippen molar-refractivity contribution in [3.05, 3.63) is 35.9 Å². The summed E-state index contributed by atoms with van der Waals surface area (Å²) in [5.74, 6) is 1.21. The Bertz CT molecular complexity index is 295. The highest BCUT2D eigenvalue weighted by atomic mass is 32.1. The van der Waals surface area contributed by atoms with E-state index in [-0.39, 0.29) is 5.60 Å².